The number of carbonyl (C=O) groups is 1. The normalized spacial score (nSPS) is 12.0. The van der Waals surface area contributed by atoms with Crippen molar-refractivity contribution in [1.29, 1.82) is 0 Å². The smallest absolute Gasteiger partial charge is 0.375 e. The molecule has 0 aliphatic rings. The van der Waals surface area contributed by atoms with E-state index in [9.17, 15) is 31.1 Å². The molecule has 1 heterocycles. The number of alkyl halides is 6. The van der Waals surface area contributed by atoms with E-state index in [-0.39, 0.29) is 6.54 Å². The Bertz CT molecular complexity index is 1110. The highest BCUT2D eigenvalue weighted by Crippen LogP contribution is 2.35. The Labute approximate surface area is 192 Å². The molecule has 0 fully saturated rings. The lowest BCUT2D eigenvalue weighted by molar-refractivity contribution is -0.143. The molecule has 0 aliphatic heterocycles. The first-order valence-electron chi connectivity index (χ1n) is 10.4. The summed E-state index contributed by atoms with van der Waals surface area (Å²) in [5.41, 5.74) is -2.76. The molecule has 0 bridgehead atoms. The van der Waals surface area contributed by atoms with Crippen molar-refractivity contribution >= 4 is 11.6 Å². The van der Waals surface area contributed by atoms with E-state index >= 15 is 0 Å². The number of nitrogens with zero attached hydrogens (tertiary/aromatic N) is 3. The minimum absolute atomic E-state index is 0.132. The van der Waals surface area contributed by atoms with E-state index in [1.807, 2.05) is 42.3 Å². The van der Waals surface area contributed by atoms with Gasteiger partial charge in [0.15, 0.2) is 5.69 Å². The number of nitrogens with one attached hydrogen (secondary N) is 1. The van der Waals surface area contributed by atoms with Crippen LogP contribution in [0.15, 0.2) is 60.8 Å². The molecule has 3 rings (SSSR count). The molecule has 0 spiro atoms. The number of aromatic nitrogens is 2. The molecule has 1 aromatic heterocycles. The summed E-state index contributed by atoms with van der Waals surface area (Å²) in [5.74, 6) is -0.998. The topological polar surface area (TPSA) is 50.2 Å². The summed E-state index contributed by atoms with van der Waals surface area (Å²) in [4.78, 5) is 14.5. The molecule has 11 heteroatoms. The third-order valence-corrected chi connectivity index (χ3v) is 5.10. The van der Waals surface area contributed by atoms with Crippen LogP contribution in [0.25, 0.3) is 5.69 Å². The highest BCUT2D eigenvalue weighted by Gasteiger charge is 2.41. The summed E-state index contributed by atoms with van der Waals surface area (Å²) in [6.45, 7) is 0.814. The van der Waals surface area contributed by atoms with Gasteiger partial charge in [0.1, 0.15) is 0 Å². The van der Waals surface area contributed by atoms with Crippen molar-refractivity contribution in [3.05, 3.63) is 77.6 Å². The SMILES string of the molecule is CN(CCCCNC(=O)c1cnn(-c2cccc(C(F)(F)F)c2)c1C(F)(F)F)c1ccccc1. The van der Waals surface area contributed by atoms with E-state index in [0.717, 1.165) is 23.9 Å². The molecule has 0 saturated heterocycles. The van der Waals surface area contributed by atoms with Gasteiger partial charge in [-0.25, -0.2) is 4.68 Å². The number of hydrogen-bond donors (Lipinski definition) is 1. The minimum atomic E-state index is -5.02. The van der Waals surface area contributed by atoms with Crippen molar-refractivity contribution in [2.24, 2.45) is 0 Å². The summed E-state index contributed by atoms with van der Waals surface area (Å²) >= 11 is 0. The van der Waals surface area contributed by atoms with E-state index in [2.05, 4.69) is 10.4 Å². The van der Waals surface area contributed by atoms with Crippen LogP contribution in [0.4, 0.5) is 32.0 Å². The van der Waals surface area contributed by atoms with Crippen molar-refractivity contribution in [3.63, 3.8) is 0 Å². The molecule has 1 amide bonds. The van der Waals surface area contributed by atoms with Gasteiger partial charge < -0.3 is 10.2 Å². The Morgan fingerprint density at radius 3 is 2.32 bits per heavy atom. The zero-order chi connectivity index (χ0) is 24.9. The predicted octanol–water partition coefficient (Wildman–Crippen LogP) is 5.56. The van der Waals surface area contributed by atoms with Crippen molar-refractivity contribution in [3.8, 4) is 5.69 Å². The van der Waals surface area contributed by atoms with Gasteiger partial charge in [-0.05, 0) is 43.2 Å². The Kier molecular flexibility index (Phi) is 7.53. The molecule has 0 atom stereocenters. The lowest BCUT2D eigenvalue weighted by Crippen LogP contribution is -2.28. The van der Waals surface area contributed by atoms with Crippen LogP contribution in [-0.2, 0) is 12.4 Å². The van der Waals surface area contributed by atoms with Gasteiger partial charge in [-0.15, -0.1) is 0 Å². The second-order valence-electron chi connectivity index (χ2n) is 7.58. The zero-order valence-electron chi connectivity index (χ0n) is 18.1. The maximum atomic E-state index is 13.7. The minimum Gasteiger partial charge on any atom is -0.375 e. The predicted molar refractivity (Wildman–Crippen MR) is 115 cm³/mol. The Morgan fingerprint density at radius 1 is 0.971 bits per heavy atom. The number of para-hydroxylation sites is 1. The number of carbonyl (C=O) groups excluding carboxylic acids is 1. The number of amides is 1. The first-order chi connectivity index (χ1) is 16.0. The van der Waals surface area contributed by atoms with Crippen molar-refractivity contribution in [1.82, 2.24) is 15.1 Å². The fourth-order valence-electron chi connectivity index (χ4n) is 3.38. The van der Waals surface area contributed by atoms with E-state index in [4.69, 9.17) is 0 Å². The highest BCUT2D eigenvalue weighted by molar-refractivity contribution is 5.95. The molecule has 2 aromatic carbocycles. The van der Waals surface area contributed by atoms with Crippen LogP contribution in [0.2, 0.25) is 0 Å². The molecular formula is C23H22F6N4O. The molecule has 34 heavy (non-hydrogen) atoms. The van der Waals surface area contributed by atoms with E-state index in [1.54, 1.807) is 0 Å². The van der Waals surface area contributed by atoms with E-state index < -0.39 is 40.8 Å². The second-order valence-corrected chi connectivity index (χ2v) is 7.58. The van der Waals surface area contributed by atoms with Gasteiger partial charge in [0.05, 0.1) is 23.0 Å². The first kappa shape index (κ1) is 25.1. The Balaban J connectivity index is 1.68. The van der Waals surface area contributed by atoms with Crippen LogP contribution in [0.5, 0.6) is 0 Å². The number of anilines is 1. The lowest BCUT2D eigenvalue weighted by Gasteiger charge is -2.19. The zero-order valence-corrected chi connectivity index (χ0v) is 18.1. The third kappa shape index (κ3) is 6.09. The molecule has 0 aliphatic carbocycles. The van der Waals surface area contributed by atoms with Gasteiger partial charge in [-0.2, -0.15) is 31.4 Å². The quantitative estimate of drug-likeness (QED) is 0.337. The average Bonchev–Trinajstić information content (AvgIpc) is 3.25. The number of halogens is 6. The molecule has 3 aromatic rings. The largest absolute Gasteiger partial charge is 0.434 e. The lowest BCUT2D eigenvalue weighted by atomic mass is 10.1. The van der Waals surface area contributed by atoms with Gasteiger partial charge >= 0.3 is 12.4 Å². The van der Waals surface area contributed by atoms with Gasteiger partial charge in [0.2, 0.25) is 0 Å². The van der Waals surface area contributed by atoms with E-state index in [0.29, 0.717) is 36.3 Å². The van der Waals surface area contributed by atoms with Gasteiger partial charge in [-0.1, -0.05) is 24.3 Å². The van der Waals surface area contributed by atoms with Gasteiger partial charge in [0, 0.05) is 25.8 Å². The maximum absolute atomic E-state index is 13.7. The molecular weight excluding hydrogens is 462 g/mol. The first-order valence-corrected chi connectivity index (χ1v) is 10.4. The molecule has 1 N–H and O–H groups in total. The third-order valence-electron chi connectivity index (χ3n) is 5.10. The summed E-state index contributed by atoms with van der Waals surface area (Å²) in [6.07, 6.45) is -7.85. The van der Waals surface area contributed by atoms with Gasteiger partial charge in [-0.3, -0.25) is 4.79 Å². The average molecular weight is 484 g/mol. The Hall–Kier alpha value is -3.50. The summed E-state index contributed by atoms with van der Waals surface area (Å²) < 4.78 is 80.5. The number of unbranched alkanes of at least 4 members (excludes halogenated alkanes) is 1. The molecule has 5 nitrogen and oxygen atoms in total. The maximum Gasteiger partial charge on any atom is 0.434 e. The number of rotatable bonds is 8. The van der Waals surface area contributed by atoms with Crippen LogP contribution < -0.4 is 10.2 Å². The fourth-order valence-corrected chi connectivity index (χ4v) is 3.38. The summed E-state index contributed by atoms with van der Waals surface area (Å²) in [7, 11) is 1.91. The van der Waals surface area contributed by atoms with Gasteiger partial charge in [0.25, 0.3) is 5.91 Å². The van der Waals surface area contributed by atoms with Crippen LogP contribution in [0.3, 0.4) is 0 Å². The van der Waals surface area contributed by atoms with Crippen LogP contribution in [-0.4, -0.2) is 35.8 Å². The van der Waals surface area contributed by atoms with E-state index in [1.165, 1.54) is 0 Å². The number of benzene rings is 2. The van der Waals surface area contributed by atoms with Crippen LogP contribution in [0, 0.1) is 0 Å². The van der Waals surface area contributed by atoms with Crippen LogP contribution in [0.1, 0.15) is 34.5 Å². The molecule has 0 unspecified atom stereocenters. The molecule has 0 radical (unpaired) electrons. The summed E-state index contributed by atoms with van der Waals surface area (Å²) in [5, 5.41) is 5.99. The molecule has 0 saturated carbocycles. The second kappa shape index (κ2) is 10.2. The van der Waals surface area contributed by atoms with Crippen LogP contribution >= 0.6 is 0 Å². The summed E-state index contributed by atoms with van der Waals surface area (Å²) in [6, 6.07) is 12.9. The van der Waals surface area contributed by atoms with Crippen molar-refractivity contribution in [2.45, 2.75) is 25.2 Å². The number of hydrogen-bond acceptors (Lipinski definition) is 3. The van der Waals surface area contributed by atoms with Crippen molar-refractivity contribution in [2.75, 3.05) is 25.0 Å². The Morgan fingerprint density at radius 2 is 1.68 bits per heavy atom. The van der Waals surface area contributed by atoms with Crippen molar-refractivity contribution < 1.29 is 31.1 Å². The standard InChI is InChI=1S/C23H22F6N4O/c1-32(17-9-3-2-4-10-17)13-6-5-12-30-21(34)19-15-31-33(20(19)23(27,28)29)18-11-7-8-16(14-18)22(24,25)26/h2-4,7-11,14-15H,5-6,12-13H2,1H3,(H,30,34). The highest BCUT2D eigenvalue weighted by atomic mass is 19.4. The molecule has 182 valence electrons. The monoisotopic (exact) mass is 484 g/mol. The fraction of sp³-hybridized carbons (Fsp3) is 0.304.